The van der Waals surface area contributed by atoms with Crippen LogP contribution < -0.4 is 10.4 Å². The summed E-state index contributed by atoms with van der Waals surface area (Å²) in [7, 11) is 1.57. The van der Waals surface area contributed by atoms with Crippen molar-refractivity contribution in [3.05, 3.63) is 65.6 Å². The van der Waals surface area contributed by atoms with Crippen molar-refractivity contribution in [3.63, 3.8) is 0 Å². The van der Waals surface area contributed by atoms with Crippen LogP contribution in [0.25, 0.3) is 0 Å². The predicted octanol–water partition coefficient (Wildman–Crippen LogP) is 4.16. The molecule has 1 N–H and O–H groups in total. The Bertz CT molecular complexity index is 800. The summed E-state index contributed by atoms with van der Waals surface area (Å²) >= 11 is 0. The zero-order chi connectivity index (χ0) is 22.2. The maximum absolute atomic E-state index is 12.8. The fourth-order valence-electron chi connectivity index (χ4n) is 1.99. The molecular formula is C22H31N5O2. The van der Waals surface area contributed by atoms with E-state index >= 15 is 0 Å². The van der Waals surface area contributed by atoms with Crippen molar-refractivity contribution in [2.75, 3.05) is 12.1 Å². The molecule has 0 atom stereocenters. The highest BCUT2D eigenvalue weighted by atomic mass is 16.2. The maximum atomic E-state index is 12.8. The number of aryl methyl sites for hydroxylation is 1. The van der Waals surface area contributed by atoms with Crippen LogP contribution in [0.2, 0.25) is 0 Å². The number of nitrogens with one attached hydrogen (secondary N) is 1. The Labute approximate surface area is 173 Å². The first-order chi connectivity index (χ1) is 14.1. The number of aromatic nitrogens is 2. The molecular weight excluding hydrogens is 366 g/mol. The number of nitrogens with zero attached hydrogens (tertiary/aromatic N) is 4. The van der Waals surface area contributed by atoms with Crippen LogP contribution in [0.5, 0.6) is 0 Å². The Kier molecular flexibility index (Phi) is 13.0. The lowest BCUT2D eigenvalue weighted by atomic mass is 10.2. The van der Waals surface area contributed by atoms with Gasteiger partial charge < -0.3 is 0 Å². The van der Waals surface area contributed by atoms with Gasteiger partial charge in [-0.25, -0.2) is 4.98 Å². The first kappa shape index (κ1) is 25.6. The van der Waals surface area contributed by atoms with Crippen LogP contribution in [0, 0.1) is 6.92 Å². The summed E-state index contributed by atoms with van der Waals surface area (Å²) in [5.41, 5.74) is 4.18. The van der Waals surface area contributed by atoms with E-state index in [4.69, 9.17) is 0 Å². The van der Waals surface area contributed by atoms with E-state index in [1.807, 2.05) is 40.7 Å². The summed E-state index contributed by atoms with van der Waals surface area (Å²) < 4.78 is 0. The van der Waals surface area contributed by atoms with Gasteiger partial charge in [-0.05, 0) is 37.6 Å². The highest BCUT2D eigenvalue weighted by Crippen LogP contribution is 2.13. The minimum absolute atomic E-state index is 0.302. The van der Waals surface area contributed by atoms with E-state index in [9.17, 15) is 9.59 Å². The molecule has 0 saturated carbocycles. The molecule has 0 spiro atoms. The Balaban J connectivity index is 0.00000184. The van der Waals surface area contributed by atoms with Gasteiger partial charge in [-0.1, -0.05) is 39.8 Å². The predicted molar refractivity (Wildman–Crippen MR) is 119 cm³/mol. The third kappa shape index (κ3) is 8.04. The quantitative estimate of drug-likeness (QED) is 0.477. The van der Waals surface area contributed by atoms with Gasteiger partial charge in [0.25, 0.3) is 11.8 Å². The van der Waals surface area contributed by atoms with Crippen LogP contribution in [0.3, 0.4) is 0 Å². The van der Waals surface area contributed by atoms with Gasteiger partial charge in [-0.3, -0.25) is 25.0 Å². The molecule has 0 radical (unpaired) electrons. The number of carbonyl (C=O) groups is 2. The molecule has 0 aliphatic heterocycles. The van der Waals surface area contributed by atoms with E-state index in [1.54, 1.807) is 50.6 Å². The second-order valence-corrected chi connectivity index (χ2v) is 5.15. The molecule has 2 amide bonds. The molecule has 2 rings (SSSR count). The van der Waals surface area contributed by atoms with Crippen LogP contribution in [0.4, 0.5) is 5.82 Å². The first-order valence-corrected chi connectivity index (χ1v) is 9.63. The number of allylic oxidation sites excluding steroid dienone is 1. The van der Waals surface area contributed by atoms with Gasteiger partial charge >= 0.3 is 0 Å². The van der Waals surface area contributed by atoms with Crippen LogP contribution in [-0.4, -0.2) is 35.0 Å². The van der Waals surface area contributed by atoms with E-state index in [-0.39, 0.29) is 0 Å². The number of hydrogen-bond acceptors (Lipinski definition) is 5. The largest absolute Gasteiger partial charge is 0.296 e. The number of hydrazine groups is 1. The van der Waals surface area contributed by atoms with Crippen molar-refractivity contribution in [1.82, 2.24) is 15.4 Å². The van der Waals surface area contributed by atoms with Crippen LogP contribution in [0.15, 0.2) is 59.5 Å². The van der Waals surface area contributed by atoms with Gasteiger partial charge in [0, 0.05) is 31.9 Å². The molecule has 0 fully saturated rings. The SMILES string of the molecule is C/C=C(\C=NC)C(=O)NN(C(=O)c1cccnc1)c1ccc(C)cn1.CC.CC. The number of hydrogen-bond donors (Lipinski definition) is 1. The van der Waals surface area contributed by atoms with Crippen molar-refractivity contribution in [2.45, 2.75) is 41.5 Å². The third-order valence-corrected chi connectivity index (χ3v) is 3.29. The molecule has 2 aromatic rings. The van der Waals surface area contributed by atoms with E-state index in [0.717, 1.165) is 10.6 Å². The van der Waals surface area contributed by atoms with Crippen molar-refractivity contribution in [1.29, 1.82) is 0 Å². The fourth-order valence-corrected chi connectivity index (χ4v) is 1.99. The molecule has 0 saturated heterocycles. The average Bonchev–Trinajstić information content (AvgIpc) is 2.79. The molecule has 0 aromatic carbocycles. The highest BCUT2D eigenvalue weighted by Gasteiger charge is 2.22. The minimum Gasteiger partial charge on any atom is -0.296 e. The Morgan fingerprint density at radius 3 is 2.28 bits per heavy atom. The fraction of sp³-hybridized carbons (Fsp3) is 0.318. The molecule has 7 heteroatoms. The van der Waals surface area contributed by atoms with Crippen LogP contribution in [-0.2, 0) is 4.79 Å². The summed E-state index contributed by atoms with van der Waals surface area (Å²) in [6.45, 7) is 11.6. The van der Waals surface area contributed by atoms with Gasteiger partial charge in [-0.2, -0.15) is 5.01 Å². The molecule has 29 heavy (non-hydrogen) atoms. The summed E-state index contributed by atoms with van der Waals surface area (Å²) in [6.07, 6.45) is 7.65. The lowest BCUT2D eigenvalue weighted by Crippen LogP contribution is -2.47. The van der Waals surface area contributed by atoms with E-state index in [1.165, 1.54) is 12.4 Å². The van der Waals surface area contributed by atoms with Gasteiger partial charge in [0.05, 0.1) is 11.1 Å². The monoisotopic (exact) mass is 397 g/mol. The summed E-state index contributed by atoms with van der Waals surface area (Å²) in [5, 5.41) is 1.10. The Hall–Kier alpha value is -3.35. The zero-order valence-corrected chi connectivity index (χ0v) is 18.3. The van der Waals surface area contributed by atoms with E-state index < -0.39 is 11.8 Å². The number of aliphatic imine (C=N–C) groups is 1. The summed E-state index contributed by atoms with van der Waals surface area (Å²) in [6, 6.07) is 6.74. The first-order valence-electron chi connectivity index (χ1n) is 9.63. The maximum Gasteiger partial charge on any atom is 0.280 e. The van der Waals surface area contributed by atoms with Crippen molar-refractivity contribution >= 4 is 23.8 Å². The number of amides is 2. The molecule has 0 aliphatic rings. The number of anilines is 1. The molecule has 156 valence electrons. The second-order valence-electron chi connectivity index (χ2n) is 5.15. The molecule has 2 aromatic heterocycles. The van der Waals surface area contributed by atoms with Gasteiger partial charge in [0.15, 0.2) is 5.82 Å². The number of pyridine rings is 2. The smallest absolute Gasteiger partial charge is 0.280 e. The van der Waals surface area contributed by atoms with Crippen LogP contribution >= 0.6 is 0 Å². The van der Waals surface area contributed by atoms with Gasteiger partial charge in [-0.15, -0.1) is 0 Å². The van der Waals surface area contributed by atoms with Crippen molar-refractivity contribution < 1.29 is 9.59 Å². The van der Waals surface area contributed by atoms with E-state index in [0.29, 0.717) is 17.0 Å². The molecule has 2 heterocycles. The zero-order valence-electron chi connectivity index (χ0n) is 18.3. The van der Waals surface area contributed by atoms with Gasteiger partial charge in [0.2, 0.25) is 0 Å². The Morgan fingerprint density at radius 1 is 1.10 bits per heavy atom. The number of rotatable bonds is 4. The molecule has 0 bridgehead atoms. The Morgan fingerprint density at radius 2 is 1.79 bits per heavy atom. The lowest BCUT2D eigenvalue weighted by molar-refractivity contribution is -0.117. The molecule has 0 aliphatic carbocycles. The second kappa shape index (κ2) is 14.7. The summed E-state index contributed by atoms with van der Waals surface area (Å²) in [4.78, 5) is 37.3. The standard InChI is InChI=1S/C18H19N5O2.2C2H6/c1-4-14(11-19-3)17(24)22-23(16-8-7-13(2)10-21-16)18(25)15-6-5-9-20-12-15;2*1-2/h4-12H,1-3H3,(H,22,24);2*1-2H3/b14-4+,19-11?;;. The summed E-state index contributed by atoms with van der Waals surface area (Å²) in [5.74, 6) is -0.605. The molecule has 7 nitrogen and oxygen atoms in total. The van der Waals surface area contributed by atoms with E-state index in [2.05, 4.69) is 20.4 Å². The third-order valence-electron chi connectivity index (χ3n) is 3.29. The van der Waals surface area contributed by atoms with Crippen molar-refractivity contribution in [3.8, 4) is 0 Å². The minimum atomic E-state index is -0.465. The van der Waals surface area contributed by atoms with Crippen LogP contribution in [0.1, 0.15) is 50.5 Å². The average molecular weight is 398 g/mol. The van der Waals surface area contributed by atoms with Gasteiger partial charge in [0.1, 0.15) is 0 Å². The number of carbonyl (C=O) groups excluding carboxylic acids is 2. The molecule has 0 unspecified atom stereocenters. The topological polar surface area (TPSA) is 87.5 Å². The van der Waals surface area contributed by atoms with Crippen molar-refractivity contribution in [2.24, 2.45) is 4.99 Å². The lowest BCUT2D eigenvalue weighted by Gasteiger charge is -2.22. The highest BCUT2D eigenvalue weighted by molar-refractivity contribution is 6.15. The normalized spacial score (nSPS) is 10.2.